The predicted octanol–water partition coefficient (Wildman–Crippen LogP) is 6.38. The van der Waals surface area contributed by atoms with Crippen LogP contribution in [0.4, 0.5) is 26.2 Å². The smallest absolute Gasteiger partial charge is 0.322 e. The number of urea groups is 1. The molecular weight excluding hydrogens is 481 g/mol. The van der Waals surface area contributed by atoms with Crippen LogP contribution in [0.3, 0.4) is 0 Å². The molecule has 0 aromatic heterocycles. The second-order valence-electron chi connectivity index (χ2n) is 5.85. The van der Waals surface area contributed by atoms with E-state index in [0.29, 0.717) is 26.6 Å². The molecule has 0 aliphatic carbocycles. The summed E-state index contributed by atoms with van der Waals surface area (Å²) in [5, 5.41) is 5.74. The van der Waals surface area contributed by atoms with Gasteiger partial charge in [0.25, 0.3) is 5.91 Å². The number of carbonyl (C=O) groups is 2. The van der Waals surface area contributed by atoms with E-state index in [4.69, 9.17) is 11.6 Å². The van der Waals surface area contributed by atoms with Crippen molar-refractivity contribution in [3.05, 3.63) is 87.6 Å². The van der Waals surface area contributed by atoms with Crippen LogP contribution >= 0.6 is 40.3 Å². The van der Waals surface area contributed by atoms with E-state index < -0.39 is 17.8 Å². The molecule has 5 nitrogen and oxygen atoms in total. The van der Waals surface area contributed by atoms with E-state index >= 15 is 0 Å². The molecule has 0 bridgehead atoms. The number of carbonyl (C=O) groups excluding carboxylic acids is 2. The van der Waals surface area contributed by atoms with Crippen molar-refractivity contribution in [2.45, 2.75) is 0 Å². The van der Waals surface area contributed by atoms with Gasteiger partial charge in [0.2, 0.25) is 0 Å². The zero-order valence-corrected chi connectivity index (χ0v) is 17.9. The fraction of sp³-hybridized carbons (Fsp3) is 0. The Balaban J connectivity index is 1.65. The quantitative estimate of drug-likeness (QED) is 0.369. The SMILES string of the molecule is O=C(Nc1ccc(N(S)C(=O)Nc2ccc(Br)c(Cl)c2)cc1)c1ccccc1F. The summed E-state index contributed by atoms with van der Waals surface area (Å²) in [7, 11) is 0. The van der Waals surface area contributed by atoms with Crippen LogP contribution in [0.1, 0.15) is 10.4 Å². The summed E-state index contributed by atoms with van der Waals surface area (Å²) in [6.07, 6.45) is 0. The number of amides is 3. The van der Waals surface area contributed by atoms with Crippen molar-refractivity contribution in [3.8, 4) is 0 Å². The number of halogens is 3. The lowest BCUT2D eigenvalue weighted by molar-refractivity contribution is 0.102. The highest BCUT2D eigenvalue weighted by Gasteiger charge is 2.14. The van der Waals surface area contributed by atoms with Crippen molar-refractivity contribution in [2.24, 2.45) is 0 Å². The lowest BCUT2D eigenvalue weighted by Gasteiger charge is -2.17. The molecule has 3 amide bonds. The van der Waals surface area contributed by atoms with Gasteiger partial charge in [-0.15, -0.1) is 0 Å². The molecule has 29 heavy (non-hydrogen) atoms. The first-order valence-electron chi connectivity index (χ1n) is 8.26. The first-order valence-corrected chi connectivity index (χ1v) is 9.83. The fourth-order valence-electron chi connectivity index (χ4n) is 2.40. The van der Waals surface area contributed by atoms with Gasteiger partial charge in [-0.05, 0) is 70.5 Å². The second kappa shape index (κ2) is 9.30. The van der Waals surface area contributed by atoms with Crippen LogP contribution in [0, 0.1) is 5.82 Å². The number of nitrogens with one attached hydrogen (secondary N) is 2. The first kappa shape index (κ1) is 21.2. The zero-order chi connectivity index (χ0) is 21.0. The molecule has 0 aliphatic heterocycles. The molecule has 0 saturated heterocycles. The van der Waals surface area contributed by atoms with Crippen LogP contribution in [0.2, 0.25) is 5.02 Å². The number of thiol groups is 1. The van der Waals surface area contributed by atoms with Gasteiger partial charge in [-0.3, -0.25) is 4.79 Å². The highest BCUT2D eigenvalue weighted by molar-refractivity contribution is 9.10. The summed E-state index contributed by atoms with van der Waals surface area (Å²) in [6.45, 7) is 0. The Morgan fingerprint density at radius 2 is 1.62 bits per heavy atom. The summed E-state index contributed by atoms with van der Waals surface area (Å²) < 4.78 is 15.5. The molecule has 0 aliphatic rings. The highest BCUT2D eigenvalue weighted by Crippen LogP contribution is 2.26. The van der Waals surface area contributed by atoms with Crippen molar-refractivity contribution in [2.75, 3.05) is 14.9 Å². The van der Waals surface area contributed by atoms with E-state index in [9.17, 15) is 14.0 Å². The zero-order valence-electron chi connectivity index (χ0n) is 14.7. The molecular formula is C20H14BrClFN3O2S. The number of benzene rings is 3. The van der Waals surface area contributed by atoms with E-state index in [1.54, 1.807) is 48.5 Å². The molecule has 3 aromatic rings. The van der Waals surface area contributed by atoms with Crippen molar-refractivity contribution >= 4 is 69.3 Å². The molecule has 0 fully saturated rings. The second-order valence-corrected chi connectivity index (χ2v) is 7.51. The number of nitrogens with zero attached hydrogens (tertiary/aromatic N) is 1. The van der Waals surface area contributed by atoms with Crippen LogP contribution < -0.4 is 14.9 Å². The van der Waals surface area contributed by atoms with E-state index in [2.05, 4.69) is 39.4 Å². The minimum Gasteiger partial charge on any atom is -0.322 e. The number of anilines is 3. The molecule has 0 atom stereocenters. The number of hydrogen-bond donors (Lipinski definition) is 3. The van der Waals surface area contributed by atoms with Crippen LogP contribution in [0.5, 0.6) is 0 Å². The summed E-state index contributed by atoms with van der Waals surface area (Å²) in [5.74, 6) is -1.17. The Morgan fingerprint density at radius 1 is 0.966 bits per heavy atom. The molecule has 9 heteroatoms. The average Bonchev–Trinajstić information content (AvgIpc) is 2.71. The minimum absolute atomic E-state index is 0.0556. The normalized spacial score (nSPS) is 10.3. The van der Waals surface area contributed by atoms with Crippen LogP contribution in [-0.4, -0.2) is 11.9 Å². The maximum atomic E-state index is 13.7. The van der Waals surface area contributed by atoms with E-state index in [1.807, 2.05) is 0 Å². The summed E-state index contributed by atoms with van der Waals surface area (Å²) in [5.41, 5.74) is 1.37. The topological polar surface area (TPSA) is 61.4 Å². The average molecular weight is 495 g/mol. The third kappa shape index (κ3) is 5.29. The van der Waals surface area contributed by atoms with Gasteiger partial charge in [-0.2, -0.15) is 0 Å². The minimum atomic E-state index is -0.604. The Morgan fingerprint density at radius 3 is 2.28 bits per heavy atom. The van der Waals surface area contributed by atoms with Gasteiger partial charge >= 0.3 is 6.03 Å². The highest BCUT2D eigenvalue weighted by atomic mass is 79.9. The molecule has 0 saturated carbocycles. The van der Waals surface area contributed by atoms with Gasteiger partial charge < -0.3 is 10.6 Å². The molecule has 0 heterocycles. The predicted molar refractivity (Wildman–Crippen MR) is 120 cm³/mol. The summed E-state index contributed by atoms with van der Waals surface area (Å²) in [6, 6.07) is 16.6. The van der Waals surface area contributed by atoms with Crippen molar-refractivity contribution in [3.63, 3.8) is 0 Å². The van der Waals surface area contributed by atoms with Gasteiger partial charge in [0.05, 0.1) is 16.3 Å². The third-order valence-corrected chi connectivity index (χ3v) is 5.50. The van der Waals surface area contributed by atoms with Gasteiger partial charge in [0.1, 0.15) is 5.82 Å². The molecule has 148 valence electrons. The van der Waals surface area contributed by atoms with Gasteiger partial charge in [0.15, 0.2) is 0 Å². The molecule has 2 N–H and O–H groups in total. The monoisotopic (exact) mass is 493 g/mol. The summed E-state index contributed by atoms with van der Waals surface area (Å²) in [4.78, 5) is 24.5. The Kier molecular flexibility index (Phi) is 6.79. The van der Waals surface area contributed by atoms with Crippen molar-refractivity contribution < 1.29 is 14.0 Å². The third-order valence-electron chi connectivity index (χ3n) is 3.85. The van der Waals surface area contributed by atoms with Gasteiger partial charge in [0, 0.05) is 15.8 Å². The maximum Gasteiger partial charge on any atom is 0.336 e. The lowest BCUT2D eigenvalue weighted by atomic mass is 10.2. The Bertz CT molecular complexity index is 1070. The Labute approximate surface area is 185 Å². The lowest BCUT2D eigenvalue weighted by Crippen LogP contribution is -2.26. The summed E-state index contributed by atoms with van der Waals surface area (Å²) >= 11 is 13.5. The Hall–Kier alpha value is -2.55. The first-order chi connectivity index (χ1) is 13.8. The van der Waals surface area contributed by atoms with Crippen molar-refractivity contribution in [1.29, 1.82) is 0 Å². The molecule has 0 unspecified atom stereocenters. The standard InChI is InChI=1S/C20H14BrClFN3O2S/c21-16-10-7-13(11-17(16)22)25-20(28)26(29)14-8-5-12(6-9-14)24-19(27)15-3-1-2-4-18(15)23/h1-11,29H,(H,24,27)(H,25,28). The molecule has 0 radical (unpaired) electrons. The van der Waals surface area contributed by atoms with E-state index in [-0.39, 0.29) is 5.56 Å². The van der Waals surface area contributed by atoms with Crippen molar-refractivity contribution in [1.82, 2.24) is 0 Å². The largest absolute Gasteiger partial charge is 0.336 e. The van der Waals surface area contributed by atoms with Crippen LogP contribution in [-0.2, 0) is 0 Å². The van der Waals surface area contributed by atoms with E-state index in [0.717, 1.165) is 4.31 Å². The van der Waals surface area contributed by atoms with Gasteiger partial charge in [-0.1, -0.05) is 36.5 Å². The van der Waals surface area contributed by atoms with Gasteiger partial charge in [-0.25, -0.2) is 13.5 Å². The number of rotatable bonds is 4. The molecule has 3 aromatic carbocycles. The number of hydrogen-bond acceptors (Lipinski definition) is 3. The maximum absolute atomic E-state index is 13.7. The molecule has 0 spiro atoms. The van der Waals surface area contributed by atoms with Crippen LogP contribution in [0.25, 0.3) is 0 Å². The van der Waals surface area contributed by atoms with Crippen LogP contribution in [0.15, 0.2) is 71.2 Å². The molecule has 3 rings (SSSR count). The van der Waals surface area contributed by atoms with E-state index in [1.165, 1.54) is 18.2 Å². The fourth-order valence-corrected chi connectivity index (χ4v) is 3.01.